The van der Waals surface area contributed by atoms with Crippen molar-refractivity contribution in [2.24, 2.45) is 34.0 Å². The highest BCUT2D eigenvalue weighted by atomic mass is 16.5. The number of furan rings is 1. The number of allylic oxidation sites excluding steroid dienone is 1. The third-order valence-corrected chi connectivity index (χ3v) is 9.84. The molecule has 0 unspecified atom stereocenters. The van der Waals surface area contributed by atoms with Crippen molar-refractivity contribution in [3.8, 4) is 0 Å². The van der Waals surface area contributed by atoms with Crippen LogP contribution in [0.5, 0.6) is 0 Å². The number of cyclic esters (lactones) is 1. The van der Waals surface area contributed by atoms with Crippen LogP contribution in [-0.2, 0) is 23.9 Å². The molecule has 3 fully saturated rings. The Balaban J connectivity index is 1.67. The second-order valence-electron chi connectivity index (χ2n) is 11.7. The predicted molar refractivity (Wildman–Crippen MR) is 121 cm³/mol. The number of rotatable bonds is 3. The van der Waals surface area contributed by atoms with Gasteiger partial charge in [-0.3, -0.25) is 14.4 Å². The van der Waals surface area contributed by atoms with Gasteiger partial charge in [0.25, 0.3) is 0 Å². The second-order valence-corrected chi connectivity index (χ2v) is 11.7. The summed E-state index contributed by atoms with van der Waals surface area (Å²) in [5.74, 6) is -1.64. The Morgan fingerprint density at radius 2 is 1.97 bits per heavy atom. The number of hydrogen-bond acceptors (Lipinski definition) is 7. The first-order valence-corrected chi connectivity index (χ1v) is 12.2. The Bertz CT molecular complexity index is 1070. The lowest BCUT2D eigenvalue weighted by atomic mass is 9.40. The van der Waals surface area contributed by atoms with E-state index in [2.05, 4.69) is 6.92 Å². The van der Waals surface area contributed by atoms with Crippen LogP contribution in [0.15, 0.2) is 34.2 Å². The summed E-state index contributed by atoms with van der Waals surface area (Å²) < 4.78 is 16.1. The van der Waals surface area contributed by atoms with Crippen molar-refractivity contribution in [3.63, 3.8) is 0 Å². The van der Waals surface area contributed by atoms with Gasteiger partial charge < -0.3 is 19.0 Å². The fourth-order valence-electron chi connectivity index (χ4n) is 7.98. The molecule has 0 amide bonds. The summed E-state index contributed by atoms with van der Waals surface area (Å²) in [4.78, 5) is 39.1. The Morgan fingerprint density at radius 1 is 1.24 bits per heavy atom. The van der Waals surface area contributed by atoms with E-state index in [9.17, 15) is 19.5 Å². The van der Waals surface area contributed by atoms with E-state index in [0.29, 0.717) is 6.42 Å². The molecule has 1 saturated heterocycles. The molecule has 0 spiro atoms. The summed E-state index contributed by atoms with van der Waals surface area (Å²) >= 11 is 0. The van der Waals surface area contributed by atoms with Gasteiger partial charge in [-0.2, -0.15) is 0 Å². The fraction of sp³-hybridized carbons (Fsp3) is 0.667. The highest BCUT2D eigenvalue weighted by molar-refractivity contribution is 5.92. The monoisotopic (exact) mass is 470 g/mol. The fourth-order valence-corrected chi connectivity index (χ4v) is 7.98. The Hall–Kier alpha value is -2.41. The largest absolute Gasteiger partial charge is 0.472 e. The minimum absolute atomic E-state index is 0.0379. The molecular weight excluding hydrogens is 436 g/mol. The number of Topliss-reactive ketones (excluding diaryl/α,β-unsaturated/α-hetero) is 1. The zero-order chi connectivity index (χ0) is 24.6. The van der Waals surface area contributed by atoms with E-state index in [-0.39, 0.29) is 42.4 Å². The first-order chi connectivity index (χ1) is 16.0. The maximum absolute atomic E-state index is 13.9. The van der Waals surface area contributed by atoms with Crippen LogP contribution in [0.2, 0.25) is 0 Å². The highest BCUT2D eigenvalue weighted by Gasteiger charge is 2.67. The molecular formula is C27H34O7. The topological polar surface area (TPSA) is 103 Å². The number of esters is 2. The van der Waals surface area contributed by atoms with Gasteiger partial charge in [-0.05, 0) is 48.2 Å². The van der Waals surface area contributed by atoms with Gasteiger partial charge >= 0.3 is 11.9 Å². The maximum Gasteiger partial charge on any atom is 0.310 e. The van der Waals surface area contributed by atoms with Crippen molar-refractivity contribution in [3.05, 3.63) is 35.3 Å². The van der Waals surface area contributed by atoms with Gasteiger partial charge in [0.05, 0.1) is 32.2 Å². The van der Waals surface area contributed by atoms with Crippen LogP contribution in [0.3, 0.4) is 0 Å². The SMILES string of the molecule is COC(=O)C[C@H]1C(C)(C)[C@H](O)[C@@H]2CC3=C4CC(=O)O[C@@H](c5ccoc5)[C@]4(C)CC[C@H]3[C@@]1(C)C2=O. The molecule has 2 heterocycles. The normalized spacial score (nSPS) is 40.8. The van der Waals surface area contributed by atoms with E-state index in [1.54, 1.807) is 12.5 Å². The van der Waals surface area contributed by atoms with Crippen LogP contribution >= 0.6 is 0 Å². The average molecular weight is 471 g/mol. The number of aliphatic hydroxyl groups excluding tert-OH is 1. The summed E-state index contributed by atoms with van der Waals surface area (Å²) in [7, 11) is 1.35. The first kappa shape index (κ1) is 23.3. The van der Waals surface area contributed by atoms with Crippen molar-refractivity contribution < 1.29 is 33.4 Å². The molecule has 7 atom stereocenters. The quantitative estimate of drug-likeness (QED) is 0.523. The van der Waals surface area contributed by atoms with Gasteiger partial charge in [-0.25, -0.2) is 0 Å². The Kier molecular flexibility index (Phi) is 5.18. The number of methoxy groups -OCH3 is 1. The van der Waals surface area contributed by atoms with E-state index < -0.39 is 34.4 Å². The van der Waals surface area contributed by atoms with Crippen LogP contribution < -0.4 is 0 Å². The number of aliphatic hydroxyl groups is 1. The van der Waals surface area contributed by atoms with Crippen LogP contribution in [0, 0.1) is 34.0 Å². The van der Waals surface area contributed by atoms with E-state index in [1.807, 2.05) is 26.8 Å². The number of carbonyl (C=O) groups excluding carboxylic acids is 3. The molecule has 2 saturated carbocycles. The molecule has 34 heavy (non-hydrogen) atoms. The smallest absolute Gasteiger partial charge is 0.310 e. The van der Waals surface area contributed by atoms with Crippen molar-refractivity contribution in [1.29, 1.82) is 0 Å². The molecule has 5 rings (SSSR count). The lowest BCUT2D eigenvalue weighted by Gasteiger charge is -2.63. The molecule has 1 aliphatic heterocycles. The lowest BCUT2D eigenvalue weighted by molar-refractivity contribution is -0.186. The van der Waals surface area contributed by atoms with E-state index in [0.717, 1.165) is 29.6 Å². The number of ether oxygens (including phenoxy) is 2. The average Bonchev–Trinajstić information content (AvgIpc) is 3.32. The van der Waals surface area contributed by atoms with E-state index in [4.69, 9.17) is 13.9 Å². The van der Waals surface area contributed by atoms with Crippen molar-refractivity contribution in [2.45, 2.75) is 72.0 Å². The third kappa shape index (κ3) is 2.95. The number of ketones is 1. The van der Waals surface area contributed by atoms with Gasteiger partial charge in [-0.1, -0.05) is 33.3 Å². The minimum Gasteiger partial charge on any atom is -0.472 e. The molecule has 1 aromatic heterocycles. The van der Waals surface area contributed by atoms with Crippen LogP contribution in [0.1, 0.15) is 71.5 Å². The van der Waals surface area contributed by atoms with Crippen molar-refractivity contribution in [1.82, 2.24) is 0 Å². The lowest BCUT2D eigenvalue weighted by Crippen LogP contribution is -2.66. The van der Waals surface area contributed by atoms with Crippen molar-refractivity contribution >= 4 is 17.7 Å². The van der Waals surface area contributed by atoms with Crippen LogP contribution in [0.25, 0.3) is 0 Å². The summed E-state index contributed by atoms with van der Waals surface area (Å²) in [5, 5.41) is 11.4. The maximum atomic E-state index is 13.9. The molecule has 2 bridgehead atoms. The standard InChI is InChI=1S/C27H34O7/c1-25(2)19(12-20(28)32-5)27(4)17-6-8-26(3)18(15(17)10-16(22(25)30)23(27)31)11-21(29)34-24(26)14-7-9-33-13-14/h7,9,13,16-17,19,22,24,30H,6,8,10-12H2,1-5H3/t16-,17+,19-,22+,24-,26+,27+/m0/s1. The molecule has 1 aromatic rings. The number of hydrogen-bond donors (Lipinski definition) is 1. The zero-order valence-corrected chi connectivity index (χ0v) is 20.6. The number of carbonyl (C=O) groups is 3. The van der Waals surface area contributed by atoms with Crippen LogP contribution in [0.4, 0.5) is 0 Å². The molecule has 0 radical (unpaired) electrons. The van der Waals surface area contributed by atoms with E-state index >= 15 is 0 Å². The van der Waals surface area contributed by atoms with Gasteiger partial charge in [0.2, 0.25) is 0 Å². The third-order valence-electron chi connectivity index (χ3n) is 9.84. The molecule has 1 N–H and O–H groups in total. The minimum atomic E-state index is -0.884. The molecule has 184 valence electrons. The summed E-state index contributed by atoms with van der Waals surface area (Å²) in [5.41, 5.74) is 1.11. The molecule has 4 aliphatic rings. The van der Waals surface area contributed by atoms with Gasteiger partial charge in [0.15, 0.2) is 0 Å². The first-order valence-electron chi connectivity index (χ1n) is 12.2. The highest BCUT2D eigenvalue weighted by Crippen LogP contribution is 2.67. The van der Waals surface area contributed by atoms with Gasteiger partial charge in [0.1, 0.15) is 11.9 Å². The molecule has 3 aliphatic carbocycles. The number of fused-ring (bicyclic) bond motifs is 5. The Morgan fingerprint density at radius 3 is 2.62 bits per heavy atom. The summed E-state index contributed by atoms with van der Waals surface area (Å²) in [6.07, 6.45) is 4.09. The summed E-state index contributed by atoms with van der Waals surface area (Å²) in [6.45, 7) is 8.03. The van der Waals surface area contributed by atoms with Crippen LogP contribution in [-0.4, -0.2) is 36.0 Å². The zero-order valence-electron chi connectivity index (χ0n) is 20.6. The molecule has 7 heteroatoms. The Labute approximate surface area is 199 Å². The van der Waals surface area contributed by atoms with Gasteiger partial charge in [0, 0.05) is 28.7 Å². The van der Waals surface area contributed by atoms with Gasteiger partial charge in [-0.15, -0.1) is 0 Å². The molecule has 0 aromatic carbocycles. The predicted octanol–water partition coefficient (Wildman–Crippen LogP) is 4.16. The summed E-state index contributed by atoms with van der Waals surface area (Å²) in [6, 6.07) is 1.84. The van der Waals surface area contributed by atoms with E-state index in [1.165, 1.54) is 7.11 Å². The second kappa shape index (κ2) is 7.54. The van der Waals surface area contributed by atoms with Crippen molar-refractivity contribution in [2.75, 3.05) is 7.11 Å². The molecule has 7 nitrogen and oxygen atoms in total.